The van der Waals surface area contributed by atoms with E-state index >= 15 is 0 Å². The first kappa shape index (κ1) is 13.6. The highest BCUT2D eigenvalue weighted by Crippen LogP contribution is 2.50. The number of amides is 1. The van der Waals surface area contributed by atoms with Gasteiger partial charge in [-0.15, -0.1) is 11.3 Å². The van der Waals surface area contributed by atoms with Crippen molar-refractivity contribution in [3.8, 4) is 0 Å². The second-order valence-electron chi connectivity index (χ2n) is 5.83. The number of aryl methyl sites for hydroxylation is 1. The van der Waals surface area contributed by atoms with E-state index in [9.17, 15) is 9.59 Å². The molecule has 20 heavy (non-hydrogen) atoms. The molecule has 108 valence electrons. The summed E-state index contributed by atoms with van der Waals surface area (Å²) in [6, 6.07) is 4.24. The van der Waals surface area contributed by atoms with Crippen LogP contribution in [0.2, 0.25) is 0 Å². The van der Waals surface area contributed by atoms with Gasteiger partial charge in [-0.1, -0.05) is 0 Å². The van der Waals surface area contributed by atoms with Crippen LogP contribution < -0.4 is 0 Å². The second-order valence-corrected chi connectivity index (χ2v) is 7.15. The van der Waals surface area contributed by atoms with Gasteiger partial charge in [-0.25, -0.2) is 0 Å². The Morgan fingerprint density at radius 1 is 1.30 bits per heavy atom. The average molecular weight is 293 g/mol. The van der Waals surface area contributed by atoms with Crippen LogP contribution in [0, 0.1) is 18.8 Å². The molecular weight excluding hydrogens is 274 g/mol. The van der Waals surface area contributed by atoms with Crippen molar-refractivity contribution in [2.75, 3.05) is 13.1 Å². The Hall–Kier alpha value is -1.36. The van der Waals surface area contributed by atoms with Crippen LogP contribution in [-0.4, -0.2) is 35.0 Å². The lowest BCUT2D eigenvalue weighted by atomic mass is 9.97. The quantitative estimate of drug-likeness (QED) is 0.931. The van der Waals surface area contributed by atoms with Gasteiger partial charge in [0.1, 0.15) is 0 Å². The number of thiophene rings is 1. The van der Waals surface area contributed by atoms with Crippen LogP contribution in [0.1, 0.15) is 34.9 Å². The summed E-state index contributed by atoms with van der Waals surface area (Å²) in [7, 11) is 0. The topological polar surface area (TPSA) is 57.6 Å². The molecule has 1 aromatic heterocycles. The number of hydrogen-bond donors (Lipinski definition) is 1. The van der Waals surface area contributed by atoms with Crippen LogP contribution in [0.15, 0.2) is 12.1 Å². The molecule has 2 heterocycles. The fraction of sp³-hybridized carbons (Fsp3) is 0.600. The normalized spacial score (nSPS) is 26.6. The van der Waals surface area contributed by atoms with Crippen LogP contribution in [-0.2, 0) is 9.59 Å². The molecule has 2 fully saturated rings. The fourth-order valence-electron chi connectivity index (χ4n) is 3.02. The Kier molecular flexibility index (Phi) is 3.54. The zero-order valence-electron chi connectivity index (χ0n) is 11.5. The molecule has 1 saturated heterocycles. The summed E-state index contributed by atoms with van der Waals surface area (Å²) >= 11 is 1.78. The summed E-state index contributed by atoms with van der Waals surface area (Å²) < 4.78 is 0. The van der Waals surface area contributed by atoms with Gasteiger partial charge in [0.2, 0.25) is 5.91 Å². The van der Waals surface area contributed by atoms with Crippen molar-refractivity contribution in [2.45, 2.75) is 32.1 Å². The third-order valence-electron chi connectivity index (χ3n) is 4.39. The standard InChI is InChI=1S/C15H19NO3S/c1-9-2-3-13(20-9)11-8-12(11)14(17)16-6-4-10(5-7-16)15(18)19/h2-3,10-12H,4-8H2,1H3,(H,18,19). The number of carbonyl (C=O) groups is 2. The molecule has 1 aliphatic heterocycles. The number of rotatable bonds is 3. The summed E-state index contributed by atoms with van der Waals surface area (Å²) in [6.45, 7) is 3.29. The largest absolute Gasteiger partial charge is 0.481 e. The van der Waals surface area contributed by atoms with E-state index in [0.717, 1.165) is 6.42 Å². The van der Waals surface area contributed by atoms with E-state index in [1.54, 1.807) is 11.3 Å². The van der Waals surface area contributed by atoms with Crippen LogP contribution in [0.25, 0.3) is 0 Å². The van der Waals surface area contributed by atoms with Crippen molar-refractivity contribution < 1.29 is 14.7 Å². The van der Waals surface area contributed by atoms with Crippen molar-refractivity contribution >= 4 is 23.2 Å². The van der Waals surface area contributed by atoms with Gasteiger partial charge in [-0.05, 0) is 38.3 Å². The molecule has 2 unspecified atom stereocenters. The number of nitrogens with zero attached hydrogens (tertiary/aromatic N) is 1. The van der Waals surface area contributed by atoms with E-state index in [0.29, 0.717) is 31.8 Å². The van der Waals surface area contributed by atoms with Gasteiger partial charge in [0.05, 0.1) is 5.92 Å². The number of carboxylic acid groups (broad SMARTS) is 1. The molecular formula is C15H19NO3S. The Morgan fingerprint density at radius 3 is 2.55 bits per heavy atom. The Balaban J connectivity index is 1.55. The predicted molar refractivity (Wildman–Crippen MR) is 76.8 cm³/mol. The molecule has 5 heteroatoms. The first-order chi connectivity index (χ1) is 9.56. The monoisotopic (exact) mass is 293 g/mol. The number of piperidine rings is 1. The molecule has 2 aliphatic rings. The van der Waals surface area contributed by atoms with Crippen molar-refractivity contribution in [1.29, 1.82) is 0 Å². The first-order valence-corrected chi connectivity index (χ1v) is 7.96. The van der Waals surface area contributed by atoms with E-state index < -0.39 is 5.97 Å². The third-order valence-corrected chi connectivity index (χ3v) is 5.52. The lowest BCUT2D eigenvalue weighted by Crippen LogP contribution is -2.41. The molecule has 4 nitrogen and oxygen atoms in total. The van der Waals surface area contributed by atoms with Gasteiger partial charge >= 0.3 is 5.97 Å². The molecule has 2 atom stereocenters. The molecule has 0 aromatic carbocycles. The number of aliphatic carboxylic acids is 1. The lowest BCUT2D eigenvalue weighted by molar-refractivity contribution is -0.146. The maximum absolute atomic E-state index is 12.4. The summed E-state index contributed by atoms with van der Waals surface area (Å²) in [4.78, 5) is 27.8. The van der Waals surface area contributed by atoms with Crippen molar-refractivity contribution in [3.05, 3.63) is 21.9 Å². The van der Waals surface area contributed by atoms with Gasteiger partial charge in [-0.2, -0.15) is 0 Å². The van der Waals surface area contributed by atoms with Crippen LogP contribution in [0.5, 0.6) is 0 Å². The molecule has 0 radical (unpaired) electrons. The minimum absolute atomic E-state index is 0.134. The highest BCUT2D eigenvalue weighted by Gasteiger charge is 2.47. The lowest BCUT2D eigenvalue weighted by Gasteiger charge is -2.30. The van der Waals surface area contributed by atoms with Crippen molar-refractivity contribution in [1.82, 2.24) is 4.90 Å². The summed E-state index contributed by atoms with van der Waals surface area (Å²) in [5.74, 6) is -0.234. The molecule has 1 amide bonds. The van der Waals surface area contributed by atoms with Crippen LogP contribution >= 0.6 is 11.3 Å². The third kappa shape index (κ3) is 2.59. The predicted octanol–water partition coefficient (Wildman–Crippen LogP) is 2.48. The average Bonchev–Trinajstić information content (AvgIpc) is 3.13. The zero-order valence-corrected chi connectivity index (χ0v) is 12.4. The Morgan fingerprint density at radius 2 is 2.00 bits per heavy atom. The highest BCUT2D eigenvalue weighted by molar-refractivity contribution is 7.12. The van der Waals surface area contributed by atoms with Gasteiger partial charge in [0.15, 0.2) is 0 Å². The molecule has 1 N–H and O–H groups in total. The van der Waals surface area contributed by atoms with Gasteiger partial charge in [0, 0.05) is 34.7 Å². The Labute approximate surface area is 122 Å². The fourth-order valence-corrected chi connectivity index (χ4v) is 4.07. The summed E-state index contributed by atoms with van der Waals surface area (Å²) in [6.07, 6.45) is 2.14. The van der Waals surface area contributed by atoms with E-state index in [-0.39, 0.29) is 17.7 Å². The highest BCUT2D eigenvalue weighted by atomic mass is 32.1. The molecule has 1 saturated carbocycles. The van der Waals surface area contributed by atoms with Crippen molar-refractivity contribution in [3.63, 3.8) is 0 Å². The minimum Gasteiger partial charge on any atom is -0.481 e. The number of carbonyl (C=O) groups excluding carboxylic acids is 1. The van der Waals surface area contributed by atoms with Crippen LogP contribution in [0.3, 0.4) is 0 Å². The van der Waals surface area contributed by atoms with Crippen LogP contribution in [0.4, 0.5) is 0 Å². The van der Waals surface area contributed by atoms with E-state index in [4.69, 9.17) is 5.11 Å². The molecule has 1 aromatic rings. The SMILES string of the molecule is Cc1ccc(C2CC2C(=O)N2CCC(C(=O)O)CC2)s1. The number of carboxylic acids is 1. The maximum atomic E-state index is 12.4. The molecule has 1 aliphatic carbocycles. The molecule has 3 rings (SSSR count). The van der Waals surface area contributed by atoms with Gasteiger partial charge in [0.25, 0.3) is 0 Å². The zero-order chi connectivity index (χ0) is 14.3. The van der Waals surface area contributed by atoms with E-state index in [2.05, 4.69) is 19.1 Å². The van der Waals surface area contributed by atoms with Crippen molar-refractivity contribution in [2.24, 2.45) is 11.8 Å². The van der Waals surface area contributed by atoms with E-state index in [1.165, 1.54) is 9.75 Å². The van der Waals surface area contributed by atoms with Gasteiger partial charge in [-0.3, -0.25) is 9.59 Å². The smallest absolute Gasteiger partial charge is 0.306 e. The minimum atomic E-state index is -0.726. The number of hydrogen-bond acceptors (Lipinski definition) is 3. The molecule has 0 bridgehead atoms. The van der Waals surface area contributed by atoms with Gasteiger partial charge < -0.3 is 10.0 Å². The second kappa shape index (κ2) is 5.20. The van der Waals surface area contributed by atoms with E-state index in [1.807, 2.05) is 4.90 Å². The Bertz CT molecular complexity index is 531. The number of likely N-dealkylation sites (tertiary alicyclic amines) is 1. The maximum Gasteiger partial charge on any atom is 0.306 e. The summed E-state index contributed by atoms with van der Waals surface area (Å²) in [5.41, 5.74) is 0. The summed E-state index contributed by atoms with van der Waals surface area (Å²) in [5, 5.41) is 8.98. The first-order valence-electron chi connectivity index (χ1n) is 7.14. The molecule has 0 spiro atoms.